The molecule has 4 heteroatoms. The molecule has 52 heavy (non-hydrogen) atoms. The topological polar surface area (TPSA) is 43.9 Å². The Morgan fingerprint density at radius 2 is 0.942 bits per heavy atom. The molecule has 0 saturated carbocycles. The summed E-state index contributed by atoms with van der Waals surface area (Å²) >= 11 is 0. The molecule has 0 aliphatic heterocycles. The third kappa shape index (κ3) is 3.60. The number of hydrogen-bond donors (Lipinski definition) is 0. The molecule has 0 unspecified atom stereocenters. The van der Waals surface area contributed by atoms with Crippen molar-refractivity contribution in [2.75, 3.05) is 0 Å². The van der Waals surface area contributed by atoms with Crippen LogP contribution in [0.1, 0.15) is 0 Å². The van der Waals surface area contributed by atoms with Gasteiger partial charge in [-0.3, -0.25) is 4.57 Å². The van der Waals surface area contributed by atoms with E-state index < -0.39 is 0 Å². The van der Waals surface area contributed by atoms with Crippen LogP contribution in [0.5, 0.6) is 0 Å². The van der Waals surface area contributed by atoms with Crippen LogP contribution in [0.3, 0.4) is 0 Å². The molecule has 0 radical (unpaired) electrons. The van der Waals surface area contributed by atoms with Crippen LogP contribution in [-0.4, -0.2) is 14.5 Å². The molecule has 0 fully saturated rings. The first kappa shape index (κ1) is 27.7. The van der Waals surface area contributed by atoms with Gasteiger partial charge in [-0.15, -0.1) is 0 Å². The summed E-state index contributed by atoms with van der Waals surface area (Å²) in [5.41, 5.74) is 6.64. The average Bonchev–Trinajstić information content (AvgIpc) is 3.77. The Morgan fingerprint density at radius 3 is 1.69 bits per heavy atom. The van der Waals surface area contributed by atoms with Gasteiger partial charge >= 0.3 is 0 Å². The van der Waals surface area contributed by atoms with E-state index in [-0.39, 0.29) is 0 Å². The predicted molar refractivity (Wildman–Crippen MR) is 217 cm³/mol. The second-order valence-corrected chi connectivity index (χ2v) is 13.6. The molecular formula is C48H27N3O. The second kappa shape index (κ2) is 10.3. The standard InChI is InChI=1S/C48H27N3O/c1-2-14-28(15-3-1)46-45-37(26-27-40-42(45)36-23-11-13-25-39(36)52-40)49-48(50-46)51-38-24-12-10-22-35(38)44-43-32-19-7-5-17-30(32)29-16-4-6-18-31(29)41(43)33-20-8-9-21-34(33)47(44)51/h1-27H. The van der Waals surface area contributed by atoms with Crippen LogP contribution in [0.2, 0.25) is 0 Å². The van der Waals surface area contributed by atoms with E-state index in [1.165, 1.54) is 53.9 Å². The van der Waals surface area contributed by atoms with Crippen LogP contribution in [0.15, 0.2) is 168 Å². The molecule has 0 amide bonds. The molecule has 0 N–H and O–H groups in total. The summed E-state index contributed by atoms with van der Waals surface area (Å²) in [7, 11) is 0. The first-order valence-electron chi connectivity index (χ1n) is 17.7. The van der Waals surface area contributed by atoms with Crippen molar-refractivity contribution in [1.29, 1.82) is 0 Å². The van der Waals surface area contributed by atoms with Crippen LogP contribution in [0, 0.1) is 0 Å². The third-order valence-corrected chi connectivity index (χ3v) is 10.9. The summed E-state index contributed by atoms with van der Waals surface area (Å²) < 4.78 is 8.67. The normalized spacial score (nSPS) is 12.2. The number of para-hydroxylation sites is 2. The van der Waals surface area contributed by atoms with Gasteiger partial charge in [0.1, 0.15) is 11.2 Å². The lowest BCUT2D eigenvalue weighted by atomic mass is 9.88. The third-order valence-electron chi connectivity index (χ3n) is 10.9. The molecule has 0 atom stereocenters. The van der Waals surface area contributed by atoms with E-state index in [1.54, 1.807) is 0 Å². The van der Waals surface area contributed by atoms with Crippen molar-refractivity contribution >= 4 is 97.7 Å². The van der Waals surface area contributed by atoms with Crippen molar-refractivity contribution in [3.05, 3.63) is 164 Å². The summed E-state index contributed by atoms with van der Waals surface area (Å²) in [4.78, 5) is 11.0. The lowest BCUT2D eigenvalue weighted by molar-refractivity contribution is 0.669. The highest BCUT2D eigenvalue weighted by molar-refractivity contribution is 6.42. The van der Waals surface area contributed by atoms with Crippen molar-refractivity contribution in [2.24, 2.45) is 0 Å². The molecule has 4 nitrogen and oxygen atoms in total. The maximum absolute atomic E-state index is 6.36. The molecule has 12 rings (SSSR count). The molecule has 240 valence electrons. The number of hydrogen-bond acceptors (Lipinski definition) is 3. The number of rotatable bonds is 2. The first-order chi connectivity index (χ1) is 25.8. The van der Waals surface area contributed by atoms with Gasteiger partial charge in [0.05, 0.1) is 22.2 Å². The zero-order valence-electron chi connectivity index (χ0n) is 27.8. The lowest BCUT2D eigenvalue weighted by Crippen LogP contribution is -2.04. The highest BCUT2D eigenvalue weighted by Gasteiger charge is 2.25. The summed E-state index contributed by atoms with van der Waals surface area (Å²) in [5, 5.41) is 15.4. The van der Waals surface area contributed by atoms with Gasteiger partial charge in [-0.2, -0.15) is 0 Å². The van der Waals surface area contributed by atoms with Crippen LogP contribution in [0.4, 0.5) is 0 Å². The van der Waals surface area contributed by atoms with E-state index in [9.17, 15) is 0 Å². The fourth-order valence-corrected chi connectivity index (χ4v) is 8.88. The second-order valence-electron chi connectivity index (χ2n) is 13.6. The van der Waals surface area contributed by atoms with Gasteiger partial charge in [-0.25, -0.2) is 9.97 Å². The smallest absolute Gasteiger partial charge is 0.235 e. The number of furan rings is 1. The minimum Gasteiger partial charge on any atom is -0.456 e. The minimum atomic E-state index is 0.638. The van der Waals surface area contributed by atoms with E-state index in [1.807, 2.05) is 12.1 Å². The molecule has 0 spiro atoms. The van der Waals surface area contributed by atoms with Gasteiger partial charge in [0.15, 0.2) is 0 Å². The maximum atomic E-state index is 6.36. The number of fused-ring (bicyclic) bond motifs is 18. The molecule has 9 aromatic carbocycles. The van der Waals surface area contributed by atoms with Gasteiger partial charge in [0.25, 0.3) is 0 Å². The molecule has 3 heterocycles. The van der Waals surface area contributed by atoms with Crippen molar-refractivity contribution < 1.29 is 4.42 Å². The Hall–Kier alpha value is -7.04. The van der Waals surface area contributed by atoms with Crippen molar-refractivity contribution in [1.82, 2.24) is 14.5 Å². The van der Waals surface area contributed by atoms with Gasteiger partial charge in [0.2, 0.25) is 5.95 Å². The lowest BCUT2D eigenvalue weighted by Gasteiger charge is -2.16. The largest absolute Gasteiger partial charge is 0.456 e. The summed E-state index contributed by atoms with van der Waals surface area (Å²) in [6.45, 7) is 0. The monoisotopic (exact) mass is 661 g/mol. The number of aromatic nitrogens is 3. The highest BCUT2D eigenvalue weighted by atomic mass is 16.3. The molecule has 0 aliphatic rings. The fraction of sp³-hybridized carbons (Fsp3) is 0. The first-order valence-corrected chi connectivity index (χ1v) is 17.7. The van der Waals surface area contributed by atoms with Gasteiger partial charge in [-0.1, -0.05) is 140 Å². The van der Waals surface area contributed by atoms with Gasteiger partial charge < -0.3 is 4.42 Å². The average molecular weight is 662 g/mol. The summed E-state index contributed by atoms with van der Waals surface area (Å²) in [6.07, 6.45) is 0. The number of benzene rings is 9. The fourth-order valence-electron chi connectivity index (χ4n) is 8.88. The van der Waals surface area contributed by atoms with Crippen LogP contribution in [0.25, 0.3) is 115 Å². The Balaban J connectivity index is 1.33. The molecular weight excluding hydrogens is 635 g/mol. The molecule has 0 saturated heterocycles. The SMILES string of the molecule is c1ccc(-c2nc(-n3c4ccccc4c4c5c6ccccc6c6ccccc6c5c5ccccc5c43)nc3ccc4oc5ccccc5c4c23)cc1. The van der Waals surface area contributed by atoms with E-state index in [0.717, 1.165) is 55.1 Å². The van der Waals surface area contributed by atoms with Gasteiger partial charge in [-0.05, 0) is 56.6 Å². The Bertz CT molecular complexity index is 3470. The van der Waals surface area contributed by atoms with E-state index in [2.05, 4.69) is 156 Å². The Kier molecular flexibility index (Phi) is 5.47. The quantitative estimate of drug-likeness (QED) is 0.173. The maximum Gasteiger partial charge on any atom is 0.235 e. The van der Waals surface area contributed by atoms with Crippen LogP contribution in [-0.2, 0) is 0 Å². The highest BCUT2D eigenvalue weighted by Crippen LogP contribution is 2.48. The molecule has 0 aliphatic carbocycles. The number of nitrogens with zero attached hydrogens (tertiary/aromatic N) is 3. The van der Waals surface area contributed by atoms with E-state index in [4.69, 9.17) is 14.4 Å². The van der Waals surface area contributed by atoms with Gasteiger partial charge in [0, 0.05) is 43.3 Å². The van der Waals surface area contributed by atoms with E-state index in [0.29, 0.717) is 5.95 Å². The van der Waals surface area contributed by atoms with E-state index >= 15 is 0 Å². The minimum absolute atomic E-state index is 0.638. The predicted octanol–water partition coefficient (Wildman–Crippen LogP) is 12.9. The zero-order chi connectivity index (χ0) is 33.9. The van der Waals surface area contributed by atoms with Crippen molar-refractivity contribution in [3.8, 4) is 17.2 Å². The summed E-state index contributed by atoms with van der Waals surface area (Å²) in [6, 6.07) is 58.1. The van der Waals surface area contributed by atoms with Crippen molar-refractivity contribution in [3.63, 3.8) is 0 Å². The summed E-state index contributed by atoms with van der Waals surface area (Å²) in [5.74, 6) is 0.638. The molecule has 3 aromatic heterocycles. The molecule has 12 aromatic rings. The van der Waals surface area contributed by atoms with Crippen LogP contribution < -0.4 is 0 Å². The molecule has 0 bridgehead atoms. The zero-order valence-corrected chi connectivity index (χ0v) is 27.8. The Labute approximate surface area is 296 Å². The van der Waals surface area contributed by atoms with Crippen molar-refractivity contribution in [2.45, 2.75) is 0 Å². The Morgan fingerprint density at radius 1 is 0.365 bits per heavy atom. The van der Waals surface area contributed by atoms with Crippen LogP contribution >= 0.6 is 0 Å².